The fourth-order valence-electron chi connectivity index (χ4n) is 3.33. The van der Waals surface area contributed by atoms with Gasteiger partial charge in [0.25, 0.3) is 0 Å². The van der Waals surface area contributed by atoms with Crippen molar-refractivity contribution < 1.29 is 22.7 Å². The summed E-state index contributed by atoms with van der Waals surface area (Å²) in [5.41, 5.74) is -0.746. The molecular formula is C15H18F3N3O2. The van der Waals surface area contributed by atoms with Crippen LogP contribution in [0.15, 0.2) is 18.3 Å². The van der Waals surface area contributed by atoms with Crippen LogP contribution in [0, 0.1) is 0 Å². The van der Waals surface area contributed by atoms with Gasteiger partial charge in [-0.2, -0.15) is 13.2 Å². The summed E-state index contributed by atoms with van der Waals surface area (Å²) in [4.78, 5) is 19.0. The van der Waals surface area contributed by atoms with Crippen LogP contribution in [0.5, 0.6) is 0 Å². The van der Waals surface area contributed by atoms with E-state index in [4.69, 9.17) is 4.74 Å². The number of hydrogen-bond acceptors (Lipinski definition) is 4. The molecule has 5 nitrogen and oxygen atoms in total. The third-order valence-electron chi connectivity index (χ3n) is 4.38. The number of anilines is 1. The first-order chi connectivity index (χ1) is 10.9. The Morgan fingerprint density at radius 1 is 1.39 bits per heavy atom. The van der Waals surface area contributed by atoms with Crippen LogP contribution in [-0.2, 0) is 15.7 Å². The van der Waals surface area contributed by atoms with Gasteiger partial charge in [0.2, 0.25) is 5.91 Å². The van der Waals surface area contributed by atoms with Crippen LogP contribution >= 0.6 is 0 Å². The topological polar surface area (TPSA) is 45.7 Å². The Bertz CT molecular complexity index is 594. The van der Waals surface area contributed by atoms with Crippen LogP contribution in [0.4, 0.5) is 19.0 Å². The molecule has 0 aliphatic carbocycles. The Balaban J connectivity index is 1.87. The van der Waals surface area contributed by atoms with Crippen molar-refractivity contribution in [1.82, 2.24) is 9.88 Å². The van der Waals surface area contributed by atoms with Crippen molar-refractivity contribution in [2.24, 2.45) is 0 Å². The fourth-order valence-corrected chi connectivity index (χ4v) is 3.33. The molecule has 0 bridgehead atoms. The van der Waals surface area contributed by atoms with E-state index in [9.17, 15) is 18.0 Å². The zero-order valence-corrected chi connectivity index (χ0v) is 12.7. The summed E-state index contributed by atoms with van der Waals surface area (Å²) in [5, 5.41) is 0. The molecule has 126 valence electrons. The molecule has 3 heterocycles. The van der Waals surface area contributed by atoms with Gasteiger partial charge in [-0.15, -0.1) is 0 Å². The number of hydrogen-bond donors (Lipinski definition) is 0. The lowest BCUT2D eigenvalue weighted by Gasteiger charge is -2.47. The van der Waals surface area contributed by atoms with Gasteiger partial charge >= 0.3 is 6.18 Å². The monoisotopic (exact) mass is 329 g/mol. The molecule has 2 fully saturated rings. The Morgan fingerprint density at radius 3 is 2.87 bits per heavy atom. The number of pyridine rings is 1. The van der Waals surface area contributed by atoms with Gasteiger partial charge in [-0.05, 0) is 18.6 Å². The molecule has 0 radical (unpaired) electrons. The zero-order valence-electron chi connectivity index (χ0n) is 12.7. The minimum atomic E-state index is -4.45. The molecule has 0 saturated carbocycles. The summed E-state index contributed by atoms with van der Waals surface area (Å²) in [7, 11) is 0. The van der Waals surface area contributed by atoms with Gasteiger partial charge in [-0.25, -0.2) is 4.98 Å². The Labute approximate surface area is 132 Å². The number of ether oxygens (including phenoxy) is 1. The third kappa shape index (κ3) is 3.12. The minimum absolute atomic E-state index is 0.0764. The van der Waals surface area contributed by atoms with E-state index >= 15 is 0 Å². The number of rotatable bonds is 1. The lowest BCUT2D eigenvalue weighted by atomic mass is 9.98. The first-order valence-electron chi connectivity index (χ1n) is 7.54. The summed E-state index contributed by atoms with van der Waals surface area (Å²) in [6.07, 6.45) is -2.65. The molecule has 2 aliphatic rings. The maximum absolute atomic E-state index is 13.2. The van der Waals surface area contributed by atoms with Gasteiger partial charge in [0.1, 0.15) is 5.82 Å². The van der Waals surface area contributed by atoms with E-state index in [1.807, 2.05) is 0 Å². The molecule has 0 aromatic carbocycles. The summed E-state index contributed by atoms with van der Waals surface area (Å²) >= 11 is 0. The van der Waals surface area contributed by atoms with Crippen molar-refractivity contribution in [3.05, 3.63) is 23.9 Å². The molecule has 2 unspecified atom stereocenters. The Hall–Kier alpha value is -1.83. The molecule has 23 heavy (non-hydrogen) atoms. The highest BCUT2D eigenvalue weighted by molar-refractivity contribution is 5.74. The fraction of sp³-hybridized carbons (Fsp3) is 0.600. The average Bonchev–Trinajstić information content (AvgIpc) is 2.53. The molecule has 3 rings (SSSR count). The van der Waals surface area contributed by atoms with E-state index in [0.29, 0.717) is 32.7 Å². The largest absolute Gasteiger partial charge is 0.419 e. The smallest absolute Gasteiger partial charge is 0.374 e. The number of amides is 1. The first kappa shape index (κ1) is 16.0. The van der Waals surface area contributed by atoms with Crippen molar-refractivity contribution >= 4 is 11.7 Å². The number of morpholine rings is 1. The number of halogens is 3. The van der Waals surface area contributed by atoms with Crippen LogP contribution < -0.4 is 4.90 Å². The molecule has 2 atom stereocenters. The van der Waals surface area contributed by atoms with Crippen molar-refractivity contribution in [2.45, 2.75) is 31.7 Å². The van der Waals surface area contributed by atoms with Gasteiger partial charge < -0.3 is 14.5 Å². The number of aromatic nitrogens is 1. The van der Waals surface area contributed by atoms with Crippen LogP contribution in [0.2, 0.25) is 0 Å². The maximum atomic E-state index is 13.2. The first-order valence-corrected chi connectivity index (χ1v) is 7.54. The second kappa shape index (κ2) is 5.99. The number of fused-ring (bicyclic) bond motifs is 1. The predicted octanol–water partition coefficient (Wildman–Crippen LogP) is 1.93. The summed E-state index contributed by atoms with van der Waals surface area (Å²) in [5.74, 6) is -0.158. The number of piperidine rings is 1. The molecule has 1 aromatic heterocycles. The minimum Gasteiger partial charge on any atom is -0.374 e. The summed E-state index contributed by atoms with van der Waals surface area (Å²) in [6, 6.07) is 2.08. The molecular weight excluding hydrogens is 311 g/mol. The average molecular weight is 329 g/mol. The number of alkyl halides is 3. The highest BCUT2D eigenvalue weighted by Crippen LogP contribution is 2.36. The molecule has 1 amide bonds. The van der Waals surface area contributed by atoms with Gasteiger partial charge in [0, 0.05) is 32.8 Å². The zero-order chi connectivity index (χ0) is 16.6. The summed E-state index contributed by atoms with van der Waals surface area (Å²) < 4.78 is 45.2. The van der Waals surface area contributed by atoms with E-state index in [1.54, 1.807) is 9.80 Å². The van der Waals surface area contributed by atoms with Gasteiger partial charge in [0.05, 0.1) is 24.3 Å². The van der Waals surface area contributed by atoms with E-state index in [-0.39, 0.29) is 23.9 Å². The van der Waals surface area contributed by atoms with Crippen molar-refractivity contribution in [1.29, 1.82) is 0 Å². The molecule has 0 N–H and O–H groups in total. The molecule has 1 aromatic rings. The number of carbonyl (C=O) groups is 1. The lowest BCUT2D eigenvalue weighted by molar-refractivity contribution is -0.145. The quantitative estimate of drug-likeness (QED) is 0.790. The van der Waals surface area contributed by atoms with E-state index < -0.39 is 11.7 Å². The highest BCUT2D eigenvalue weighted by Gasteiger charge is 2.41. The Kier molecular flexibility index (Phi) is 4.18. The van der Waals surface area contributed by atoms with E-state index in [2.05, 4.69) is 4.98 Å². The standard InChI is InChI=1S/C15H18F3N3O2/c1-10(22)21-7-8-23-13-4-6-20(9-12(13)21)14-11(15(16,17)18)3-2-5-19-14/h2-3,5,12-13H,4,6-9H2,1H3. The second-order valence-corrected chi connectivity index (χ2v) is 5.80. The normalized spacial score (nSPS) is 25.2. The third-order valence-corrected chi connectivity index (χ3v) is 4.38. The SMILES string of the molecule is CC(=O)N1CCOC2CCN(c3ncccc3C(F)(F)F)CC21. The summed E-state index contributed by atoms with van der Waals surface area (Å²) in [6.45, 7) is 3.14. The van der Waals surface area contributed by atoms with E-state index in [0.717, 1.165) is 6.07 Å². The molecule has 2 saturated heterocycles. The predicted molar refractivity (Wildman–Crippen MR) is 77.0 cm³/mol. The molecule has 8 heteroatoms. The van der Waals surface area contributed by atoms with Crippen LogP contribution in [0.25, 0.3) is 0 Å². The van der Waals surface area contributed by atoms with Crippen LogP contribution in [-0.4, -0.2) is 54.2 Å². The van der Waals surface area contributed by atoms with Crippen molar-refractivity contribution in [3.63, 3.8) is 0 Å². The van der Waals surface area contributed by atoms with Crippen LogP contribution in [0.3, 0.4) is 0 Å². The highest BCUT2D eigenvalue weighted by atomic mass is 19.4. The lowest BCUT2D eigenvalue weighted by Crippen LogP contribution is -2.61. The van der Waals surface area contributed by atoms with Crippen LogP contribution in [0.1, 0.15) is 18.9 Å². The number of carbonyl (C=O) groups excluding carboxylic acids is 1. The molecule has 2 aliphatic heterocycles. The van der Waals surface area contributed by atoms with Crippen molar-refractivity contribution in [2.75, 3.05) is 31.1 Å². The number of nitrogens with zero attached hydrogens (tertiary/aromatic N) is 3. The Morgan fingerprint density at radius 2 is 2.17 bits per heavy atom. The second-order valence-electron chi connectivity index (χ2n) is 5.80. The van der Waals surface area contributed by atoms with E-state index in [1.165, 1.54) is 19.2 Å². The van der Waals surface area contributed by atoms with Gasteiger partial charge in [-0.3, -0.25) is 4.79 Å². The van der Waals surface area contributed by atoms with Gasteiger partial charge in [-0.1, -0.05) is 0 Å². The van der Waals surface area contributed by atoms with Crippen molar-refractivity contribution in [3.8, 4) is 0 Å². The van der Waals surface area contributed by atoms with Gasteiger partial charge in [0.15, 0.2) is 0 Å². The molecule has 0 spiro atoms. The maximum Gasteiger partial charge on any atom is 0.419 e.